The maximum absolute atomic E-state index is 5.45. The third-order valence-electron chi connectivity index (χ3n) is 3.47. The number of pyridine rings is 1. The van der Waals surface area contributed by atoms with E-state index in [4.69, 9.17) is 9.47 Å². The predicted octanol–water partition coefficient (Wildman–Crippen LogP) is 3.81. The first kappa shape index (κ1) is 13.0. The Labute approximate surface area is 119 Å². The number of fused-ring (bicyclic) bond motifs is 2. The van der Waals surface area contributed by atoms with Crippen molar-refractivity contribution in [3.05, 3.63) is 24.4 Å². The lowest BCUT2D eigenvalue weighted by Crippen LogP contribution is -2.18. The minimum atomic E-state index is 0.297. The molecule has 2 aromatic rings. The number of rotatable bonds is 4. The highest BCUT2D eigenvalue weighted by atomic mass is 16.7. The Bertz CT molecular complexity index is 625. The Hall–Kier alpha value is -1.97. The van der Waals surface area contributed by atoms with Crippen LogP contribution in [0, 0.1) is 5.92 Å². The molecule has 0 aliphatic carbocycles. The minimum absolute atomic E-state index is 0.297. The van der Waals surface area contributed by atoms with E-state index in [1.165, 1.54) is 0 Å². The summed E-state index contributed by atoms with van der Waals surface area (Å²) in [6, 6.07) is 6.40. The first-order chi connectivity index (χ1) is 9.63. The first-order valence-corrected chi connectivity index (χ1v) is 7.08. The number of ether oxygens (including phenoxy) is 2. The predicted molar refractivity (Wildman–Crippen MR) is 80.4 cm³/mol. The summed E-state index contributed by atoms with van der Waals surface area (Å²) in [4.78, 5) is 4.47. The molecule has 1 aliphatic rings. The lowest BCUT2D eigenvalue weighted by Gasteiger charge is -2.17. The van der Waals surface area contributed by atoms with Crippen LogP contribution in [0.15, 0.2) is 24.4 Å². The van der Waals surface area contributed by atoms with Gasteiger partial charge in [0.15, 0.2) is 11.5 Å². The van der Waals surface area contributed by atoms with Gasteiger partial charge in [-0.15, -0.1) is 0 Å². The number of nitrogens with zero attached hydrogens (tertiary/aromatic N) is 1. The van der Waals surface area contributed by atoms with Crippen molar-refractivity contribution in [3.8, 4) is 11.5 Å². The molecule has 1 aliphatic heterocycles. The van der Waals surface area contributed by atoms with Gasteiger partial charge in [0.1, 0.15) is 5.82 Å². The van der Waals surface area contributed by atoms with Crippen LogP contribution in [0.2, 0.25) is 0 Å². The molecule has 106 valence electrons. The summed E-state index contributed by atoms with van der Waals surface area (Å²) in [5.41, 5.74) is 0. The monoisotopic (exact) mass is 272 g/mol. The second-order valence-corrected chi connectivity index (χ2v) is 5.76. The zero-order valence-electron chi connectivity index (χ0n) is 12.1. The van der Waals surface area contributed by atoms with E-state index in [-0.39, 0.29) is 0 Å². The third kappa shape index (κ3) is 2.50. The number of hydrogen-bond acceptors (Lipinski definition) is 4. The molecule has 3 rings (SSSR count). The van der Waals surface area contributed by atoms with Gasteiger partial charge in [0.05, 0.1) is 0 Å². The second-order valence-electron chi connectivity index (χ2n) is 5.76. The molecule has 1 unspecified atom stereocenters. The Kier molecular flexibility index (Phi) is 3.38. The van der Waals surface area contributed by atoms with E-state index in [0.29, 0.717) is 18.8 Å². The van der Waals surface area contributed by atoms with Crippen LogP contribution in [0.1, 0.15) is 27.2 Å². The van der Waals surface area contributed by atoms with Gasteiger partial charge in [-0.05, 0) is 42.8 Å². The van der Waals surface area contributed by atoms with E-state index in [2.05, 4.69) is 31.1 Å². The molecule has 0 radical (unpaired) electrons. The summed E-state index contributed by atoms with van der Waals surface area (Å²) in [5, 5.41) is 5.69. The summed E-state index contributed by atoms with van der Waals surface area (Å²) in [6.07, 6.45) is 2.94. The van der Waals surface area contributed by atoms with Crippen molar-refractivity contribution in [2.24, 2.45) is 5.92 Å². The molecule has 1 N–H and O–H groups in total. The Morgan fingerprint density at radius 1 is 1.20 bits per heavy atom. The molecule has 1 aromatic carbocycles. The molecule has 0 amide bonds. The number of hydrogen-bond donors (Lipinski definition) is 1. The number of benzene rings is 1. The second kappa shape index (κ2) is 5.19. The molecule has 0 spiro atoms. The van der Waals surface area contributed by atoms with E-state index in [0.717, 1.165) is 34.5 Å². The maximum atomic E-state index is 5.45. The van der Waals surface area contributed by atoms with Crippen LogP contribution in [0.25, 0.3) is 10.8 Å². The SMILES string of the molecule is CC(C)CC(C)Nc1nccc2cc3c(cc12)OCO3. The highest BCUT2D eigenvalue weighted by molar-refractivity contribution is 5.94. The van der Waals surface area contributed by atoms with Crippen molar-refractivity contribution >= 4 is 16.6 Å². The average molecular weight is 272 g/mol. The van der Waals surface area contributed by atoms with Gasteiger partial charge in [0.25, 0.3) is 0 Å². The van der Waals surface area contributed by atoms with Crippen LogP contribution in [0.4, 0.5) is 5.82 Å². The van der Waals surface area contributed by atoms with Crippen molar-refractivity contribution in [2.75, 3.05) is 12.1 Å². The van der Waals surface area contributed by atoms with Gasteiger partial charge in [0, 0.05) is 17.6 Å². The summed E-state index contributed by atoms with van der Waals surface area (Å²) >= 11 is 0. The largest absolute Gasteiger partial charge is 0.454 e. The van der Waals surface area contributed by atoms with Crippen molar-refractivity contribution in [3.63, 3.8) is 0 Å². The Morgan fingerprint density at radius 2 is 1.95 bits per heavy atom. The topological polar surface area (TPSA) is 43.4 Å². The van der Waals surface area contributed by atoms with E-state index in [9.17, 15) is 0 Å². The van der Waals surface area contributed by atoms with Crippen LogP contribution in [-0.2, 0) is 0 Å². The van der Waals surface area contributed by atoms with Crippen LogP contribution in [-0.4, -0.2) is 17.8 Å². The molecule has 0 saturated heterocycles. The van der Waals surface area contributed by atoms with Crippen molar-refractivity contribution in [2.45, 2.75) is 33.2 Å². The van der Waals surface area contributed by atoms with Crippen LogP contribution < -0.4 is 14.8 Å². The lowest BCUT2D eigenvalue weighted by molar-refractivity contribution is 0.174. The van der Waals surface area contributed by atoms with Crippen molar-refractivity contribution < 1.29 is 9.47 Å². The van der Waals surface area contributed by atoms with Gasteiger partial charge >= 0.3 is 0 Å². The fraction of sp³-hybridized carbons (Fsp3) is 0.438. The molecule has 1 atom stereocenters. The smallest absolute Gasteiger partial charge is 0.231 e. The molecule has 4 nitrogen and oxygen atoms in total. The number of anilines is 1. The number of nitrogens with one attached hydrogen (secondary N) is 1. The minimum Gasteiger partial charge on any atom is -0.454 e. The average Bonchev–Trinajstić information content (AvgIpc) is 2.82. The standard InChI is InChI=1S/C16H20N2O2/c1-10(2)6-11(3)18-16-13-8-15-14(19-9-20-15)7-12(13)4-5-17-16/h4-5,7-8,10-11H,6,9H2,1-3H3,(H,17,18). The van der Waals surface area contributed by atoms with E-state index in [1.807, 2.05) is 24.4 Å². The van der Waals surface area contributed by atoms with Crippen molar-refractivity contribution in [1.29, 1.82) is 0 Å². The molecule has 0 saturated carbocycles. The third-order valence-corrected chi connectivity index (χ3v) is 3.47. The van der Waals surface area contributed by atoms with E-state index >= 15 is 0 Å². The Balaban J connectivity index is 1.95. The highest BCUT2D eigenvalue weighted by Gasteiger charge is 2.16. The van der Waals surface area contributed by atoms with Gasteiger partial charge in [0.2, 0.25) is 6.79 Å². The first-order valence-electron chi connectivity index (χ1n) is 7.08. The Morgan fingerprint density at radius 3 is 2.70 bits per heavy atom. The molecule has 0 bridgehead atoms. The summed E-state index contributed by atoms with van der Waals surface area (Å²) in [6.45, 7) is 6.94. The molecule has 0 fully saturated rings. The van der Waals surface area contributed by atoms with E-state index in [1.54, 1.807) is 0 Å². The highest BCUT2D eigenvalue weighted by Crippen LogP contribution is 2.37. The quantitative estimate of drug-likeness (QED) is 0.919. The van der Waals surface area contributed by atoms with Gasteiger partial charge < -0.3 is 14.8 Å². The lowest BCUT2D eigenvalue weighted by atomic mass is 10.0. The molecular formula is C16H20N2O2. The van der Waals surface area contributed by atoms with Gasteiger partial charge in [-0.1, -0.05) is 13.8 Å². The molecule has 20 heavy (non-hydrogen) atoms. The molecule has 2 heterocycles. The fourth-order valence-corrected chi connectivity index (χ4v) is 2.68. The van der Waals surface area contributed by atoms with E-state index < -0.39 is 0 Å². The fourth-order valence-electron chi connectivity index (χ4n) is 2.68. The molecular weight excluding hydrogens is 252 g/mol. The molecule has 1 aromatic heterocycles. The summed E-state index contributed by atoms with van der Waals surface area (Å²) in [7, 11) is 0. The van der Waals surface area contributed by atoms with Crippen LogP contribution in [0.3, 0.4) is 0 Å². The normalized spacial score (nSPS) is 14.8. The van der Waals surface area contributed by atoms with Gasteiger partial charge in [-0.3, -0.25) is 0 Å². The number of aromatic nitrogens is 1. The van der Waals surface area contributed by atoms with Crippen LogP contribution in [0.5, 0.6) is 11.5 Å². The summed E-state index contributed by atoms with van der Waals surface area (Å²) in [5.74, 6) is 3.18. The maximum Gasteiger partial charge on any atom is 0.231 e. The molecule has 4 heteroatoms. The van der Waals surface area contributed by atoms with Gasteiger partial charge in [-0.2, -0.15) is 0 Å². The zero-order valence-corrected chi connectivity index (χ0v) is 12.1. The van der Waals surface area contributed by atoms with Gasteiger partial charge in [-0.25, -0.2) is 4.98 Å². The summed E-state index contributed by atoms with van der Waals surface area (Å²) < 4.78 is 10.9. The van der Waals surface area contributed by atoms with Crippen molar-refractivity contribution in [1.82, 2.24) is 4.98 Å². The zero-order chi connectivity index (χ0) is 14.1. The van der Waals surface area contributed by atoms with Crippen LogP contribution >= 0.6 is 0 Å².